The summed E-state index contributed by atoms with van der Waals surface area (Å²) in [5.41, 5.74) is 0.834. The number of nitrogens with one attached hydrogen (secondary N) is 1. The number of hydrogen-bond donors (Lipinski definition) is 1. The van der Waals surface area contributed by atoms with E-state index >= 15 is 0 Å². The van der Waals surface area contributed by atoms with Gasteiger partial charge >= 0.3 is 0 Å². The van der Waals surface area contributed by atoms with Gasteiger partial charge in [0.25, 0.3) is 0 Å². The third-order valence-electron chi connectivity index (χ3n) is 4.51. The molecule has 1 aromatic heterocycles. The Kier molecular flexibility index (Phi) is 4.02. The predicted octanol–water partition coefficient (Wildman–Crippen LogP) is 2.21. The summed E-state index contributed by atoms with van der Waals surface area (Å²) in [5.74, 6) is 1.16. The summed E-state index contributed by atoms with van der Waals surface area (Å²) < 4.78 is 0. The van der Waals surface area contributed by atoms with Crippen LogP contribution in [0, 0.1) is 0 Å². The minimum absolute atomic E-state index is 0.0132. The highest BCUT2D eigenvalue weighted by Crippen LogP contribution is 2.35. The van der Waals surface area contributed by atoms with E-state index in [0.29, 0.717) is 12.3 Å². The monoisotopic (exact) mass is 342 g/mol. The molecule has 4 rings (SSSR count). The second-order valence-electron chi connectivity index (χ2n) is 5.96. The first-order valence-electron chi connectivity index (χ1n) is 8.05. The van der Waals surface area contributed by atoms with Gasteiger partial charge < -0.3 is 14.8 Å². The number of carbonyl (C=O) groups is 2. The lowest BCUT2D eigenvalue weighted by atomic mass is 10.2. The van der Waals surface area contributed by atoms with Crippen molar-refractivity contribution in [3.8, 4) is 0 Å². The van der Waals surface area contributed by atoms with Crippen LogP contribution in [-0.2, 0) is 9.59 Å². The maximum absolute atomic E-state index is 12.9. The van der Waals surface area contributed by atoms with Gasteiger partial charge in [-0.25, -0.2) is 4.98 Å². The van der Waals surface area contributed by atoms with E-state index < -0.39 is 0 Å². The zero-order chi connectivity index (χ0) is 16.5. The minimum atomic E-state index is -0.0241. The normalized spacial score (nSPS) is 20.3. The van der Waals surface area contributed by atoms with Gasteiger partial charge in [0.1, 0.15) is 12.4 Å². The number of likely N-dealkylation sites (tertiary alicyclic amines) is 1. The van der Waals surface area contributed by atoms with E-state index in [9.17, 15) is 9.59 Å². The number of benzene rings is 1. The molecule has 0 spiro atoms. The van der Waals surface area contributed by atoms with Crippen LogP contribution in [0.5, 0.6) is 0 Å². The highest BCUT2D eigenvalue weighted by Gasteiger charge is 2.34. The number of amides is 2. The highest BCUT2D eigenvalue weighted by molar-refractivity contribution is 8.00. The average molecular weight is 342 g/mol. The van der Waals surface area contributed by atoms with E-state index in [-0.39, 0.29) is 24.4 Å². The number of para-hydroxylation sites is 1. The number of rotatable bonds is 3. The van der Waals surface area contributed by atoms with Crippen LogP contribution in [0.1, 0.15) is 24.7 Å². The van der Waals surface area contributed by atoms with Gasteiger partial charge in [-0.15, -0.1) is 11.8 Å². The van der Waals surface area contributed by atoms with Crippen molar-refractivity contribution in [2.75, 3.05) is 23.7 Å². The van der Waals surface area contributed by atoms with Gasteiger partial charge in [-0.1, -0.05) is 12.1 Å². The standard InChI is InChI=1S/C17H18N4O2S/c22-15(20-9-3-5-13(20)17-18-7-8-19-17)10-21-12-4-1-2-6-14(12)24-11-16(21)23/h1-2,4,6-8,13H,3,5,9-11H2,(H,18,19). The molecule has 3 heterocycles. The van der Waals surface area contributed by atoms with E-state index in [1.54, 1.807) is 17.3 Å². The number of carbonyl (C=O) groups excluding carboxylic acids is 2. The first-order chi connectivity index (χ1) is 11.7. The van der Waals surface area contributed by atoms with Gasteiger partial charge in [0, 0.05) is 23.8 Å². The number of imidazole rings is 1. The van der Waals surface area contributed by atoms with Gasteiger partial charge in [0.2, 0.25) is 11.8 Å². The van der Waals surface area contributed by atoms with E-state index in [1.807, 2.05) is 29.2 Å². The third kappa shape index (κ3) is 2.69. The Morgan fingerprint density at radius 1 is 1.38 bits per heavy atom. The summed E-state index contributed by atoms with van der Waals surface area (Å²) in [4.78, 5) is 37.1. The fraction of sp³-hybridized carbons (Fsp3) is 0.353. The zero-order valence-electron chi connectivity index (χ0n) is 13.1. The number of anilines is 1. The quantitative estimate of drug-likeness (QED) is 0.928. The van der Waals surface area contributed by atoms with Crippen LogP contribution in [0.3, 0.4) is 0 Å². The molecule has 2 amide bonds. The Balaban J connectivity index is 1.55. The molecular weight excluding hydrogens is 324 g/mol. The molecule has 0 saturated carbocycles. The first-order valence-corrected chi connectivity index (χ1v) is 9.03. The molecule has 1 aromatic carbocycles. The molecule has 0 bridgehead atoms. The molecule has 24 heavy (non-hydrogen) atoms. The second kappa shape index (κ2) is 6.32. The topological polar surface area (TPSA) is 69.3 Å². The Hall–Kier alpha value is -2.28. The van der Waals surface area contributed by atoms with Gasteiger partial charge in [0.15, 0.2) is 0 Å². The number of hydrogen-bond acceptors (Lipinski definition) is 4. The van der Waals surface area contributed by atoms with E-state index in [1.165, 1.54) is 11.8 Å². The van der Waals surface area contributed by atoms with Crippen LogP contribution in [0.25, 0.3) is 0 Å². The van der Waals surface area contributed by atoms with Crippen LogP contribution >= 0.6 is 11.8 Å². The van der Waals surface area contributed by atoms with Crippen LogP contribution in [0.4, 0.5) is 5.69 Å². The number of H-pyrrole nitrogens is 1. The van der Waals surface area contributed by atoms with E-state index in [2.05, 4.69) is 9.97 Å². The molecule has 2 aromatic rings. The molecule has 1 N–H and O–H groups in total. The van der Waals surface area contributed by atoms with Gasteiger partial charge in [-0.05, 0) is 25.0 Å². The molecule has 6 nitrogen and oxygen atoms in total. The highest BCUT2D eigenvalue weighted by atomic mass is 32.2. The molecule has 1 fully saturated rings. The van der Waals surface area contributed by atoms with Crippen molar-refractivity contribution in [1.82, 2.24) is 14.9 Å². The Morgan fingerprint density at radius 3 is 3.08 bits per heavy atom. The smallest absolute Gasteiger partial charge is 0.243 e. The largest absolute Gasteiger partial charge is 0.347 e. The third-order valence-corrected chi connectivity index (χ3v) is 5.56. The molecule has 2 aliphatic heterocycles. The number of fused-ring (bicyclic) bond motifs is 1. The Morgan fingerprint density at radius 2 is 2.25 bits per heavy atom. The molecule has 1 saturated heterocycles. The van der Waals surface area contributed by atoms with Crippen LogP contribution in [0.15, 0.2) is 41.6 Å². The van der Waals surface area contributed by atoms with Crippen molar-refractivity contribution < 1.29 is 9.59 Å². The number of nitrogens with zero attached hydrogens (tertiary/aromatic N) is 3. The Bertz CT molecular complexity index is 762. The predicted molar refractivity (Wildman–Crippen MR) is 91.8 cm³/mol. The summed E-state index contributed by atoms with van der Waals surface area (Å²) in [5, 5.41) is 0. The average Bonchev–Trinajstić information content (AvgIpc) is 3.28. The van der Waals surface area contributed by atoms with Crippen molar-refractivity contribution in [3.05, 3.63) is 42.5 Å². The zero-order valence-corrected chi connectivity index (χ0v) is 14.0. The van der Waals surface area contributed by atoms with Crippen molar-refractivity contribution in [2.45, 2.75) is 23.8 Å². The summed E-state index contributed by atoms with van der Waals surface area (Å²) in [6.07, 6.45) is 5.34. The van der Waals surface area contributed by atoms with Crippen LogP contribution in [-0.4, -0.2) is 45.5 Å². The van der Waals surface area contributed by atoms with Crippen molar-refractivity contribution >= 4 is 29.3 Å². The lowest BCUT2D eigenvalue weighted by Gasteiger charge is -2.31. The summed E-state index contributed by atoms with van der Waals surface area (Å²) in [6, 6.07) is 7.73. The lowest BCUT2D eigenvalue weighted by molar-refractivity contribution is -0.132. The van der Waals surface area contributed by atoms with Gasteiger partial charge in [-0.3, -0.25) is 9.59 Å². The number of aromatic nitrogens is 2. The minimum Gasteiger partial charge on any atom is -0.347 e. The molecular formula is C17H18N4O2S. The van der Waals surface area contributed by atoms with Crippen LogP contribution < -0.4 is 4.90 Å². The second-order valence-corrected chi connectivity index (χ2v) is 6.97. The summed E-state index contributed by atoms with van der Waals surface area (Å²) in [6.45, 7) is 0.802. The molecule has 1 atom stereocenters. The maximum atomic E-state index is 12.9. The fourth-order valence-electron chi connectivity index (χ4n) is 3.36. The Labute approximate surface area is 144 Å². The molecule has 7 heteroatoms. The van der Waals surface area contributed by atoms with Crippen molar-refractivity contribution in [1.29, 1.82) is 0 Å². The van der Waals surface area contributed by atoms with Crippen molar-refractivity contribution in [3.63, 3.8) is 0 Å². The van der Waals surface area contributed by atoms with Crippen LogP contribution in [0.2, 0.25) is 0 Å². The first kappa shape index (κ1) is 15.3. The van der Waals surface area contributed by atoms with Gasteiger partial charge in [0.05, 0.1) is 17.5 Å². The van der Waals surface area contributed by atoms with Gasteiger partial charge in [-0.2, -0.15) is 0 Å². The van der Waals surface area contributed by atoms with Crippen molar-refractivity contribution in [2.24, 2.45) is 0 Å². The van der Waals surface area contributed by atoms with E-state index in [4.69, 9.17) is 0 Å². The lowest BCUT2D eigenvalue weighted by Crippen LogP contribution is -2.44. The summed E-state index contributed by atoms with van der Waals surface area (Å²) in [7, 11) is 0. The van der Waals surface area contributed by atoms with E-state index in [0.717, 1.165) is 29.2 Å². The fourth-order valence-corrected chi connectivity index (χ4v) is 4.30. The summed E-state index contributed by atoms with van der Waals surface area (Å²) >= 11 is 1.53. The molecule has 2 aliphatic rings. The molecule has 124 valence electrons. The maximum Gasteiger partial charge on any atom is 0.243 e. The SMILES string of the molecule is O=C1CSc2ccccc2N1CC(=O)N1CCCC1c1ncc[nH]1. The molecule has 1 unspecified atom stereocenters. The number of aromatic amines is 1. The number of thioether (sulfide) groups is 1. The molecule has 0 radical (unpaired) electrons. The molecule has 0 aliphatic carbocycles.